The fraction of sp³-hybridized carbons (Fsp3) is 0.857. The third kappa shape index (κ3) is 6.30. The lowest BCUT2D eigenvalue weighted by molar-refractivity contribution is -0.148. The SMILES string of the molecule is CCCCCCCC(CC)C(=O)C(N)(CC(=O)OC)C1CC(C)(C)NC1=O. The van der Waals surface area contributed by atoms with Crippen LogP contribution in [0.4, 0.5) is 0 Å². The van der Waals surface area contributed by atoms with Crippen molar-refractivity contribution >= 4 is 17.7 Å². The molecule has 0 radical (unpaired) electrons. The van der Waals surface area contributed by atoms with Crippen LogP contribution in [0.15, 0.2) is 0 Å². The van der Waals surface area contributed by atoms with Crippen LogP contribution in [0.2, 0.25) is 0 Å². The van der Waals surface area contributed by atoms with Gasteiger partial charge in [-0.3, -0.25) is 14.4 Å². The highest BCUT2D eigenvalue weighted by Crippen LogP contribution is 2.37. The van der Waals surface area contributed by atoms with E-state index < -0.39 is 23.0 Å². The van der Waals surface area contributed by atoms with E-state index in [-0.39, 0.29) is 24.0 Å². The smallest absolute Gasteiger partial charge is 0.307 e. The minimum absolute atomic E-state index is 0.177. The summed E-state index contributed by atoms with van der Waals surface area (Å²) >= 11 is 0. The number of amides is 1. The van der Waals surface area contributed by atoms with Crippen molar-refractivity contribution in [1.29, 1.82) is 0 Å². The number of carbonyl (C=O) groups excluding carboxylic acids is 3. The Morgan fingerprint density at radius 1 is 1.26 bits per heavy atom. The van der Waals surface area contributed by atoms with E-state index in [0.717, 1.165) is 25.7 Å². The molecule has 0 aromatic carbocycles. The first-order chi connectivity index (χ1) is 12.6. The Bertz CT molecular complexity index is 532. The lowest BCUT2D eigenvalue weighted by atomic mass is 9.70. The lowest BCUT2D eigenvalue weighted by Crippen LogP contribution is -2.59. The number of ketones is 1. The molecule has 0 aromatic heterocycles. The summed E-state index contributed by atoms with van der Waals surface area (Å²) in [6.07, 6.45) is 7.15. The van der Waals surface area contributed by atoms with Gasteiger partial charge in [0.25, 0.3) is 0 Å². The van der Waals surface area contributed by atoms with Gasteiger partial charge >= 0.3 is 5.97 Å². The predicted octanol–water partition coefficient (Wildman–Crippen LogP) is 3.12. The Morgan fingerprint density at radius 2 is 1.89 bits per heavy atom. The second kappa shape index (κ2) is 10.2. The zero-order valence-corrected chi connectivity index (χ0v) is 17.7. The number of esters is 1. The van der Waals surface area contributed by atoms with E-state index in [1.165, 1.54) is 20.0 Å². The molecule has 156 valence electrons. The van der Waals surface area contributed by atoms with Gasteiger partial charge in [0.1, 0.15) is 0 Å². The molecule has 0 aliphatic carbocycles. The van der Waals surface area contributed by atoms with Gasteiger partial charge in [-0.1, -0.05) is 46.0 Å². The van der Waals surface area contributed by atoms with Crippen molar-refractivity contribution in [2.75, 3.05) is 7.11 Å². The predicted molar refractivity (Wildman–Crippen MR) is 106 cm³/mol. The molecule has 27 heavy (non-hydrogen) atoms. The van der Waals surface area contributed by atoms with Crippen molar-refractivity contribution in [1.82, 2.24) is 5.32 Å². The van der Waals surface area contributed by atoms with Crippen LogP contribution in [0.25, 0.3) is 0 Å². The van der Waals surface area contributed by atoms with Crippen LogP contribution in [0.3, 0.4) is 0 Å². The van der Waals surface area contributed by atoms with Crippen molar-refractivity contribution in [2.45, 2.75) is 96.6 Å². The molecular formula is C21H38N2O4. The highest BCUT2D eigenvalue weighted by molar-refractivity contribution is 5.99. The first-order valence-electron chi connectivity index (χ1n) is 10.3. The molecule has 0 bridgehead atoms. The molecule has 0 aromatic rings. The van der Waals surface area contributed by atoms with E-state index in [0.29, 0.717) is 12.8 Å². The molecule has 1 fully saturated rings. The number of ether oxygens (including phenoxy) is 1. The standard InChI is InChI=1S/C21H38N2O4/c1-6-8-9-10-11-12-15(7-2)18(25)21(22,14-17(24)27-5)16-13-20(3,4)23-19(16)26/h15-16H,6-14,22H2,1-5H3,(H,23,26). The minimum Gasteiger partial charge on any atom is -0.469 e. The Balaban J connectivity index is 2.98. The highest BCUT2D eigenvalue weighted by atomic mass is 16.5. The third-order valence-corrected chi connectivity index (χ3v) is 5.76. The maximum Gasteiger partial charge on any atom is 0.307 e. The van der Waals surface area contributed by atoms with Gasteiger partial charge in [0.15, 0.2) is 5.78 Å². The number of rotatable bonds is 12. The summed E-state index contributed by atoms with van der Waals surface area (Å²) in [6, 6.07) is 0. The fourth-order valence-electron chi connectivity index (χ4n) is 4.08. The Labute approximate surface area is 164 Å². The number of methoxy groups -OCH3 is 1. The van der Waals surface area contributed by atoms with Gasteiger partial charge in [-0.05, 0) is 33.1 Å². The molecule has 1 aliphatic rings. The Morgan fingerprint density at radius 3 is 2.37 bits per heavy atom. The van der Waals surface area contributed by atoms with Gasteiger partial charge in [0, 0.05) is 11.5 Å². The Kier molecular flexibility index (Phi) is 8.92. The summed E-state index contributed by atoms with van der Waals surface area (Å²) in [6.45, 7) is 7.94. The molecule has 6 nitrogen and oxygen atoms in total. The highest BCUT2D eigenvalue weighted by Gasteiger charge is 2.54. The second-order valence-electron chi connectivity index (χ2n) is 8.60. The van der Waals surface area contributed by atoms with Crippen LogP contribution in [0.5, 0.6) is 0 Å². The van der Waals surface area contributed by atoms with E-state index in [1.54, 1.807) is 0 Å². The van der Waals surface area contributed by atoms with Crippen molar-refractivity contribution < 1.29 is 19.1 Å². The van der Waals surface area contributed by atoms with Crippen LogP contribution < -0.4 is 11.1 Å². The quantitative estimate of drug-likeness (QED) is 0.399. The zero-order chi connectivity index (χ0) is 20.7. The summed E-state index contributed by atoms with van der Waals surface area (Å²) in [4.78, 5) is 38.0. The Hall–Kier alpha value is -1.43. The maximum atomic E-state index is 13.4. The van der Waals surface area contributed by atoms with Crippen LogP contribution >= 0.6 is 0 Å². The van der Waals surface area contributed by atoms with E-state index in [9.17, 15) is 14.4 Å². The number of hydrogen-bond donors (Lipinski definition) is 2. The van der Waals surface area contributed by atoms with Crippen LogP contribution in [0, 0.1) is 11.8 Å². The van der Waals surface area contributed by atoms with E-state index in [1.807, 2.05) is 20.8 Å². The zero-order valence-electron chi connectivity index (χ0n) is 17.7. The van der Waals surface area contributed by atoms with Crippen molar-refractivity contribution in [2.24, 2.45) is 17.6 Å². The topological polar surface area (TPSA) is 98.5 Å². The molecule has 1 aliphatic heterocycles. The lowest BCUT2D eigenvalue weighted by Gasteiger charge is -2.35. The molecule has 3 unspecified atom stereocenters. The average Bonchev–Trinajstić information content (AvgIpc) is 2.90. The summed E-state index contributed by atoms with van der Waals surface area (Å²) in [7, 11) is 1.27. The van der Waals surface area contributed by atoms with E-state index in [2.05, 4.69) is 12.2 Å². The minimum atomic E-state index is -1.52. The molecule has 0 spiro atoms. The number of carbonyl (C=O) groups is 3. The van der Waals surface area contributed by atoms with Crippen molar-refractivity contribution in [3.8, 4) is 0 Å². The maximum absolute atomic E-state index is 13.4. The number of unbranched alkanes of at least 4 members (excludes halogenated alkanes) is 4. The molecule has 3 atom stereocenters. The largest absolute Gasteiger partial charge is 0.469 e. The van der Waals surface area contributed by atoms with E-state index in [4.69, 9.17) is 10.5 Å². The molecule has 6 heteroatoms. The molecule has 1 amide bonds. The monoisotopic (exact) mass is 382 g/mol. The first kappa shape index (κ1) is 23.6. The molecule has 3 N–H and O–H groups in total. The van der Waals surface area contributed by atoms with Crippen LogP contribution in [-0.4, -0.2) is 35.8 Å². The van der Waals surface area contributed by atoms with Crippen molar-refractivity contribution in [3.05, 3.63) is 0 Å². The van der Waals surface area contributed by atoms with Gasteiger partial charge in [0.05, 0.1) is 25.0 Å². The molecule has 1 heterocycles. The van der Waals surface area contributed by atoms with Crippen LogP contribution in [-0.2, 0) is 19.1 Å². The number of nitrogens with two attached hydrogens (primary N) is 1. The number of hydrogen-bond acceptors (Lipinski definition) is 5. The second-order valence-corrected chi connectivity index (χ2v) is 8.60. The molecular weight excluding hydrogens is 344 g/mol. The van der Waals surface area contributed by atoms with Gasteiger partial charge < -0.3 is 15.8 Å². The van der Waals surface area contributed by atoms with Gasteiger partial charge in [0.2, 0.25) is 5.91 Å². The molecule has 1 saturated heterocycles. The molecule has 1 rings (SSSR count). The third-order valence-electron chi connectivity index (χ3n) is 5.76. The van der Waals surface area contributed by atoms with Gasteiger partial charge in [-0.2, -0.15) is 0 Å². The summed E-state index contributed by atoms with van der Waals surface area (Å²) in [5.74, 6) is -1.94. The fourth-order valence-corrected chi connectivity index (χ4v) is 4.08. The van der Waals surface area contributed by atoms with Gasteiger partial charge in [-0.15, -0.1) is 0 Å². The molecule has 0 saturated carbocycles. The summed E-state index contributed by atoms with van der Waals surface area (Å²) in [5.41, 5.74) is 4.59. The van der Waals surface area contributed by atoms with Gasteiger partial charge in [-0.25, -0.2) is 0 Å². The number of Topliss-reactive ketones (excluding diaryl/α,β-unsaturated/α-hetero) is 1. The van der Waals surface area contributed by atoms with E-state index >= 15 is 0 Å². The van der Waals surface area contributed by atoms with Crippen molar-refractivity contribution in [3.63, 3.8) is 0 Å². The normalized spacial score (nSPS) is 22.0. The summed E-state index contributed by atoms with van der Waals surface area (Å²) < 4.78 is 4.78. The van der Waals surface area contributed by atoms with Crippen LogP contribution in [0.1, 0.15) is 85.5 Å². The first-order valence-corrected chi connectivity index (χ1v) is 10.3. The average molecular weight is 383 g/mol. The summed E-state index contributed by atoms with van der Waals surface area (Å²) in [5, 5.41) is 2.90. The number of nitrogens with one attached hydrogen (secondary N) is 1.